The lowest BCUT2D eigenvalue weighted by molar-refractivity contribution is -0.113. The standard InChI is InChI=1S/C8H13NO/c1-5-9-8(6(2)3)7(4)10/h5H,1-4H3. The molecule has 0 aromatic heterocycles. The van der Waals surface area contributed by atoms with E-state index in [0.717, 1.165) is 5.57 Å². The minimum absolute atomic E-state index is 0.0260. The van der Waals surface area contributed by atoms with Crippen LogP contribution in [-0.2, 0) is 4.79 Å². The molecule has 0 saturated heterocycles. The van der Waals surface area contributed by atoms with Crippen LogP contribution in [0.5, 0.6) is 0 Å². The highest BCUT2D eigenvalue weighted by atomic mass is 16.1. The van der Waals surface area contributed by atoms with E-state index in [0.29, 0.717) is 5.70 Å². The number of hydrogen-bond acceptors (Lipinski definition) is 2. The smallest absolute Gasteiger partial charge is 0.178 e. The molecule has 0 bridgehead atoms. The van der Waals surface area contributed by atoms with E-state index in [1.54, 1.807) is 13.1 Å². The van der Waals surface area contributed by atoms with Crippen LogP contribution in [0, 0.1) is 0 Å². The number of hydrogen-bond donors (Lipinski definition) is 0. The molecule has 2 heteroatoms. The monoisotopic (exact) mass is 139 g/mol. The van der Waals surface area contributed by atoms with E-state index >= 15 is 0 Å². The molecular formula is C8H13NO. The quantitative estimate of drug-likeness (QED) is 0.424. The van der Waals surface area contributed by atoms with E-state index in [9.17, 15) is 4.79 Å². The van der Waals surface area contributed by atoms with Crippen molar-refractivity contribution in [3.05, 3.63) is 11.3 Å². The van der Waals surface area contributed by atoms with Crippen molar-refractivity contribution in [1.29, 1.82) is 0 Å². The lowest BCUT2D eigenvalue weighted by Gasteiger charge is -1.96. The topological polar surface area (TPSA) is 29.4 Å². The number of aliphatic imine (C=N–C) groups is 1. The van der Waals surface area contributed by atoms with Gasteiger partial charge in [0.25, 0.3) is 0 Å². The summed E-state index contributed by atoms with van der Waals surface area (Å²) in [4.78, 5) is 14.7. The molecule has 0 aliphatic carbocycles. The summed E-state index contributed by atoms with van der Waals surface area (Å²) in [6.07, 6.45) is 1.63. The largest absolute Gasteiger partial charge is 0.293 e. The third-order valence-corrected chi connectivity index (χ3v) is 1.07. The van der Waals surface area contributed by atoms with Crippen molar-refractivity contribution in [2.75, 3.05) is 0 Å². The van der Waals surface area contributed by atoms with Crippen molar-refractivity contribution in [2.24, 2.45) is 4.99 Å². The minimum atomic E-state index is 0.0260. The number of nitrogens with zero attached hydrogens (tertiary/aromatic N) is 1. The molecule has 0 amide bonds. The Kier molecular flexibility index (Phi) is 3.62. The minimum Gasteiger partial charge on any atom is -0.293 e. The van der Waals surface area contributed by atoms with Gasteiger partial charge in [0, 0.05) is 13.1 Å². The summed E-state index contributed by atoms with van der Waals surface area (Å²) >= 11 is 0. The molecule has 0 aliphatic rings. The van der Waals surface area contributed by atoms with Crippen molar-refractivity contribution in [1.82, 2.24) is 0 Å². The molecule has 0 N–H and O–H groups in total. The summed E-state index contributed by atoms with van der Waals surface area (Å²) in [6, 6.07) is 0. The van der Waals surface area contributed by atoms with Crippen molar-refractivity contribution in [3.63, 3.8) is 0 Å². The summed E-state index contributed by atoms with van der Waals surface area (Å²) in [5, 5.41) is 0. The maximum atomic E-state index is 10.8. The van der Waals surface area contributed by atoms with Gasteiger partial charge in [0.15, 0.2) is 5.78 Å². The summed E-state index contributed by atoms with van der Waals surface area (Å²) < 4.78 is 0. The zero-order valence-corrected chi connectivity index (χ0v) is 6.93. The van der Waals surface area contributed by atoms with Crippen LogP contribution >= 0.6 is 0 Å². The van der Waals surface area contributed by atoms with E-state index < -0.39 is 0 Å². The second-order valence-electron chi connectivity index (χ2n) is 2.29. The number of Topliss-reactive ketones (excluding diaryl/α,β-unsaturated/α-hetero) is 1. The van der Waals surface area contributed by atoms with Gasteiger partial charge in [-0.1, -0.05) is 0 Å². The van der Waals surface area contributed by atoms with Crippen LogP contribution in [0.4, 0.5) is 0 Å². The van der Waals surface area contributed by atoms with Crippen LogP contribution in [0.15, 0.2) is 16.3 Å². The molecule has 0 aromatic rings. The van der Waals surface area contributed by atoms with Crippen LogP contribution in [0.1, 0.15) is 27.7 Å². The first-order valence-electron chi connectivity index (χ1n) is 3.26. The Bertz CT molecular complexity index is 185. The Balaban J connectivity index is 4.61. The predicted octanol–water partition coefficient (Wildman–Crippen LogP) is 1.96. The zero-order valence-electron chi connectivity index (χ0n) is 6.93. The summed E-state index contributed by atoms with van der Waals surface area (Å²) in [7, 11) is 0. The van der Waals surface area contributed by atoms with Crippen LogP contribution < -0.4 is 0 Å². The summed E-state index contributed by atoms with van der Waals surface area (Å²) in [5.74, 6) is 0.0260. The molecule has 2 nitrogen and oxygen atoms in total. The maximum Gasteiger partial charge on any atom is 0.178 e. The van der Waals surface area contributed by atoms with Gasteiger partial charge in [0.1, 0.15) is 5.70 Å². The molecule has 0 saturated carbocycles. The number of allylic oxidation sites excluding steroid dienone is 2. The molecule has 0 unspecified atom stereocenters. The van der Waals surface area contributed by atoms with Crippen molar-refractivity contribution >= 4 is 12.0 Å². The molecule has 56 valence electrons. The van der Waals surface area contributed by atoms with Gasteiger partial charge in [-0.25, -0.2) is 0 Å². The Morgan fingerprint density at radius 2 is 1.80 bits per heavy atom. The van der Waals surface area contributed by atoms with Gasteiger partial charge in [0.05, 0.1) is 0 Å². The fourth-order valence-electron chi connectivity index (χ4n) is 0.701. The molecule has 0 aliphatic heterocycles. The second kappa shape index (κ2) is 3.99. The fraction of sp³-hybridized carbons (Fsp3) is 0.500. The van der Waals surface area contributed by atoms with E-state index in [1.165, 1.54) is 6.92 Å². The molecule has 0 aromatic carbocycles. The first kappa shape index (κ1) is 9.08. The summed E-state index contributed by atoms with van der Waals surface area (Å²) in [5.41, 5.74) is 1.54. The zero-order chi connectivity index (χ0) is 8.15. The molecule has 0 fully saturated rings. The third-order valence-electron chi connectivity index (χ3n) is 1.07. The Hall–Kier alpha value is -0.920. The van der Waals surface area contributed by atoms with Gasteiger partial charge in [-0.2, -0.15) is 0 Å². The molecule has 0 rings (SSSR count). The average molecular weight is 139 g/mol. The highest BCUT2D eigenvalue weighted by Gasteiger charge is 2.00. The molecule has 0 heterocycles. The van der Waals surface area contributed by atoms with Crippen molar-refractivity contribution in [2.45, 2.75) is 27.7 Å². The van der Waals surface area contributed by atoms with Crippen LogP contribution in [0.3, 0.4) is 0 Å². The third kappa shape index (κ3) is 2.58. The second-order valence-corrected chi connectivity index (χ2v) is 2.29. The van der Waals surface area contributed by atoms with E-state index in [1.807, 2.05) is 13.8 Å². The van der Waals surface area contributed by atoms with Gasteiger partial charge in [0.2, 0.25) is 0 Å². The first-order chi connectivity index (χ1) is 4.59. The van der Waals surface area contributed by atoms with E-state index in [4.69, 9.17) is 0 Å². The predicted molar refractivity (Wildman–Crippen MR) is 43.2 cm³/mol. The lowest BCUT2D eigenvalue weighted by atomic mass is 10.2. The Labute approximate surface area is 61.7 Å². The lowest BCUT2D eigenvalue weighted by Crippen LogP contribution is -1.95. The van der Waals surface area contributed by atoms with Gasteiger partial charge in [-0.3, -0.25) is 9.79 Å². The maximum absolute atomic E-state index is 10.8. The molecule has 0 atom stereocenters. The molecule has 10 heavy (non-hydrogen) atoms. The van der Waals surface area contributed by atoms with Gasteiger partial charge in [-0.15, -0.1) is 0 Å². The van der Waals surface area contributed by atoms with E-state index in [2.05, 4.69) is 4.99 Å². The Morgan fingerprint density at radius 1 is 1.30 bits per heavy atom. The average Bonchev–Trinajstić information content (AvgIpc) is 1.81. The number of ketones is 1. The molecular weight excluding hydrogens is 126 g/mol. The number of carbonyl (C=O) groups excluding carboxylic acids is 1. The van der Waals surface area contributed by atoms with Gasteiger partial charge >= 0.3 is 0 Å². The highest BCUT2D eigenvalue weighted by molar-refractivity contribution is 5.94. The van der Waals surface area contributed by atoms with Gasteiger partial charge < -0.3 is 0 Å². The van der Waals surface area contributed by atoms with Gasteiger partial charge in [-0.05, 0) is 26.3 Å². The number of carbonyl (C=O) groups is 1. The summed E-state index contributed by atoms with van der Waals surface area (Å²) in [6.45, 7) is 7.08. The van der Waals surface area contributed by atoms with Crippen LogP contribution in [0.25, 0.3) is 0 Å². The Morgan fingerprint density at radius 3 is 1.90 bits per heavy atom. The normalized spacial score (nSPS) is 10.0. The number of rotatable bonds is 2. The van der Waals surface area contributed by atoms with Crippen molar-refractivity contribution in [3.8, 4) is 0 Å². The molecule has 0 radical (unpaired) electrons. The highest BCUT2D eigenvalue weighted by Crippen LogP contribution is 2.04. The fourth-order valence-corrected chi connectivity index (χ4v) is 0.701. The van der Waals surface area contributed by atoms with Crippen molar-refractivity contribution < 1.29 is 4.79 Å². The van der Waals surface area contributed by atoms with E-state index in [-0.39, 0.29) is 5.78 Å². The first-order valence-corrected chi connectivity index (χ1v) is 3.26. The SMILES string of the molecule is CC=NC(C(C)=O)=C(C)C. The molecule has 0 spiro atoms. The van der Waals surface area contributed by atoms with Crippen LogP contribution in [0.2, 0.25) is 0 Å². The van der Waals surface area contributed by atoms with Crippen LogP contribution in [-0.4, -0.2) is 12.0 Å².